The van der Waals surface area contributed by atoms with Crippen LogP contribution in [0.1, 0.15) is 0 Å². The van der Waals surface area contributed by atoms with Gasteiger partial charge in [-0.25, -0.2) is 0 Å². The van der Waals surface area contributed by atoms with Crippen LogP contribution in [0.2, 0.25) is 0 Å². The molecule has 0 aliphatic rings. The third-order valence-corrected chi connectivity index (χ3v) is 2.36. The Hall–Kier alpha value is -2.02. The van der Waals surface area contributed by atoms with Crippen LogP contribution >= 0.6 is 12.6 Å². The first-order chi connectivity index (χ1) is 7.63. The Bertz CT molecular complexity index is 577. The van der Waals surface area contributed by atoms with Crippen molar-refractivity contribution in [1.82, 2.24) is 0 Å². The van der Waals surface area contributed by atoms with Crippen molar-refractivity contribution in [1.29, 1.82) is 0 Å². The fourth-order valence-electron chi connectivity index (χ4n) is 1.32. The van der Waals surface area contributed by atoms with Gasteiger partial charge in [0.05, 0.1) is 9.82 Å². The van der Waals surface area contributed by atoms with Crippen LogP contribution in [0.3, 0.4) is 0 Å². The molecule has 0 aliphatic carbocycles. The van der Waals surface area contributed by atoms with Crippen LogP contribution in [-0.4, -0.2) is 11.4 Å². The molecule has 0 atom stereocenters. The minimum Gasteiger partial charge on any atom is -0.457 e. The molecule has 0 N–H and O–H groups in total. The summed E-state index contributed by atoms with van der Waals surface area (Å²) in [6, 6.07) is 2.79. The summed E-state index contributed by atoms with van der Waals surface area (Å²) in [6.07, 6.45) is 1.03. The number of benzene rings is 1. The number of hydrogen-bond acceptors (Lipinski definition) is 6. The van der Waals surface area contributed by atoms with Crippen LogP contribution in [-0.2, 0) is 4.79 Å². The first-order valence-electron chi connectivity index (χ1n) is 4.12. The average molecular weight is 239 g/mol. The molecular formula is C9H5NO5S. The van der Waals surface area contributed by atoms with Gasteiger partial charge in [-0.05, 0) is 6.07 Å². The molecule has 16 heavy (non-hydrogen) atoms. The highest BCUT2D eigenvalue weighted by atomic mass is 32.1. The van der Waals surface area contributed by atoms with Crippen molar-refractivity contribution in [3.05, 3.63) is 28.5 Å². The van der Waals surface area contributed by atoms with Crippen LogP contribution in [0, 0.1) is 10.1 Å². The Morgan fingerprint density at radius 2 is 2.25 bits per heavy atom. The fourth-order valence-corrected chi connectivity index (χ4v) is 1.55. The zero-order valence-corrected chi connectivity index (χ0v) is 8.64. The van der Waals surface area contributed by atoms with E-state index in [4.69, 9.17) is 4.42 Å². The molecule has 2 aromatic rings. The second-order valence-corrected chi connectivity index (χ2v) is 3.39. The molecule has 2 rings (SSSR count). The van der Waals surface area contributed by atoms with Crippen molar-refractivity contribution in [3.8, 4) is 5.75 Å². The minimum atomic E-state index is -0.575. The Labute approximate surface area is 94.4 Å². The molecular weight excluding hydrogens is 234 g/mol. The highest BCUT2D eigenvalue weighted by Crippen LogP contribution is 2.34. The number of rotatable bonds is 3. The van der Waals surface area contributed by atoms with E-state index in [1.54, 1.807) is 0 Å². The van der Waals surface area contributed by atoms with Crippen molar-refractivity contribution >= 4 is 35.8 Å². The summed E-state index contributed by atoms with van der Waals surface area (Å²) in [4.78, 5) is 20.6. The summed E-state index contributed by atoms with van der Waals surface area (Å²) in [5.74, 6) is 0.148. The lowest BCUT2D eigenvalue weighted by Crippen LogP contribution is -1.90. The monoisotopic (exact) mass is 239 g/mol. The maximum atomic E-state index is 10.6. The molecule has 1 aromatic heterocycles. The van der Waals surface area contributed by atoms with Crippen LogP contribution < -0.4 is 4.74 Å². The molecule has 0 saturated heterocycles. The molecule has 0 saturated carbocycles. The van der Waals surface area contributed by atoms with Crippen molar-refractivity contribution in [2.24, 2.45) is 0 Å². The normalized spacial score (nSPS) is 10.3. The van der Waals surface area contributed by atoms with E-state index in [9.17, 15) is 14.9 Å². The number of carbonyl (C=O) groups excluding carboxylic acids is 1. The van der Waals surface area contributed by atoms with Crippen molar-refractivity contribution in [2.75, 3.05) is 0 Å². The van der Waals surface area contributed by atoms with Gasteiger partial charge in [0.25, 0.3) is 6.47 Å². The second kappa shape index (κ2) is 3.86. The number of nitrogens with zero attached hydrogens (tertiary/aromatic N) is 1. The van der Waals surface area contributed by atoms with Gasteiger partial charge in [0.1, 0.15) is 16.7 Å². The molecule has 1 aromatic carbocycles. The number of furan rings is 1. The lowest BCUT2D eigenvalue weighted by Gasteiger charge is -2.00. The number of thiol groups is 1. The lowest BCUT2D eigenvalue weighted by molar-refractivity contribution is -0.383. The van der Waals surface area contributed by atoms with E-state index in [0.717, 1.165) is 6.26 Å². The molecule has 1 heterocycles. The summed E-state index contributed by atoms with van der Waals surface area (Å²) in [5.41, 5.74) is 0.133. The van der Waals surface area contributed by atoms with E-state index >= 15 is 0 Å². The number of fused-ring (bicyclic) bond motifs is 1. The molecule has 0 fully saturated rings. The van der Waals surface area contributed by atoms with E-state index < -0.39 is 4.92 Å². The largest absolute Gasteiger partial charge is 0.457 e. The minimum absolute atomic E-state index is 0.148. The van der Waals surface area contributed by atoms with Gasteiger partial charge in [-0.1, -0.05) is 0 Å². The van der Waals surface area contributed by atoms with Gasteiger partial charge in [0.2, 0.25) is 0 Å². The lowest BCUT2D eigenvalue weighted by atomic mass is 10.2. The van der Waals surface area contributed by atoms with E-state index in [0.29, 0.717) is 10.5 Å². The fraction of sp³-hybridized carbons (Fsp3) is 0. The van der Waals surface area contributed by atoms with Crippen LogP contribution in [0.25, 0.3) is 11.0 Å². The Morgan fingerprint density at radius 3 is 2.88 bits per heavy atom. The number of nitro groups is 1. The van der Waals surface area contributed by atoms with Gasteiger partial charge >= 0.3 is 5.69 Å². The molecule has 0 radical (unpaired) electrons. The summed E-state index contributed by atoms with van der Waals surface area (Å²) >= 11 is 4.06. The Morgan fingerprint density at radius 1 is 1.50 bits per heavy atom. The van der Waals surface area contributed by atoms with Crippen molar-refractivity contribution in [2.45, 2.75) is 4.90 Å². The molecule has 7 heteroatoms. The van der Waals surface area contributed by atoms with Gasteiger partial charge in [-0.2, -0.15) is 0 Å². The van der Waals surface area contributed by atoms with E-state index in [1.165, 1.54) is 12.1 Å². The third-order valence-electron chi connectivity index (χ3n) is 2.01. The van der Waals surface area contributed by atoms with Gasteiger partial charge in [-0.15, -0.1) is 12.6 Å². The molecule has 0 bridgehead atoms. The Balaban J connectivity index is 2.68. The smallest absolute Gasteiger partial charge is 0.315 e. The molecule has 0 aliphatic heterocycles. The topological polar surface area (TPSA) is 82.6 Å². The van der Waals surface area contributed by atoms with Crippen molar-refractivity contribution < 1.29 is 18.9 Å². The summed E-state index contributed by atoms with van der Waals surface area (Å²) in [7, 11) is 0. The highest BCUT2D eigenvalue weighted by molar-refractivity contribution is 7.80. The van der Waals surface area contributed by atoms with Gasteiger partial charge < -0.3 is 9.15 Å². The molecule has 0 amide bonds. The van der Waals surface area contributed by atoms with Crippen LogP contribution in [0.4, 0.5) is 5.69 Å². The Kier molecular flexibility index (Phi) is 2.53. The molecule has 0 unspecified atom stereocenters. The van der Waals surface area contributed by atoms with Gasteiger partial charge in [-0.3, -0.25) is 14.9 Å². The summed E-state index contributed by atoms with van der Waals surface area (Å²) in [6.45, 7) is 0.229. The average Bonchev–Trinajstić information content (AvgIpc) is 2.61. The molecule has 82 valence electrons. The zero-order chi connectivity index (χ0) is 11.7. The number of carbonyl (C=O) groups is 1. The summed E-state index contributed by atoms with van der Waals surface area (Å²) < 4.78 is 9.62. The first-order valence-corrected chi connectivity index (χ1v) is 4.57. The molecule has 6 nitrogen and oxygen atoms in total. The summed E-state index contributed by atoms with van der Waals surface area (Å²) in [5, 5.41) is 10.9. The maximum Gasteiger partial charge on any atom is 0.315 e. The number of ether oxygens (including phenoxy) is 1. The van der Waals surface area contributed by atoms with E-state index in [-0.39, 0.29) is 23.3 Å². The zero-order valence-electron chi connectivity index (χ0n) is 7.75. The van der Waals surface area contributed by atoms with Gasteiger partial charge in [0, 0.05) is 6.07 Å². The van der Waals surface area contributed by atoms with Gasteiger partial charge in [0.15, 0.2) is 6.26 Å². The predicted molar refractivity (Wildman–Crippen MR) is 56.8 cm³/mol. The highest BCUT2D eigenvalue weighted by Gasteiger charge is 2.18. The molecule has 0 spiro atoms. The number of hydrogen-bond donors (Lipinski definition) is 1. The third kappa shape index (κ3) is 1.61. The van der Waals surface area contributed by atoms with E-state index in [2.05, 4.69) is 17.4 Å². The predicted octanol–water partition coefficient (Wildman–Crippen LogP) is 2.16. The van der Waals surface area contributed by atoms with E-state index in [1.807, 2.05) is 0 Å². The quantitative estimate of drug-likeness (QED) is 0.384. The SMILES string of the molecule is O=COc1cc2c([N+](=O)[O-])coc2cc1S. The van der Waals surface area contributed by atoms with Crippen LogP contribution in [0.15, 0.2) is 27.7 Å². The van der Waals surface area contributed by atoms with Crippen molar-refractivity contribution in [3.63, 3.8) is 0 Å². The first kappa shape index (κ1) is 10.5. The second-order valence-electron chi connectivity index (χ2n) is 2.91. The van der Waals surface area contributed by atoms with Crippen LogP contribution in [0.5, 0.6) is 5.75 Å². The standard InChI is InChI=1S/C9H5NO5S/c11-4-15-8-1-5-6(10(12)13)3-14-7(5)2-9(8)16/h1-4,16H. The maximum absolute atomic E-state index is 10.6.